The van der Waals surface area contributed by atoms with Crippen LogP contribution in [-0.4, -0.2) is 36.3 Å². The summed E-state index contributed by atoms with van der Waals surface area (Å²) in [7, 11) is 0. The van der Waals surface area contributed by atoms with E-state index in [1.165, 1.54) is 6.33 Å². The van der Waals surface area contributed by atoms with Gasteiger partial charge < -0.3 is 9.88 Å². The van der Waals surface area contributed by atoms with Gasteiger partial charge in [-0.2, -0.15) is 5.10 Å². The molecule has 0 radical (unpaired) electrons. The Morgan fingerprint density at radius 3 is 2.70 bits per heavy atom. The molecule has 0 aliphatic heterocycles. The molecule has 1 amide bonds. The molecule has 1 aromatic carbocycles. The Hall–Kier alpha value is -2.96. The molecule has 0 fully saturated rings. The summed E-state index contributed by atoms with van der Waals surface area (Å²) in [4.78, 5) is 20.1. The third kappa shape index (κ3) is 4.03. The van der Waals surface area contributed by atoms with Crippen molar-refractivity contribution in [2.75, 3.05) is 0 Å². The summed E-state index contributed by atoms with van der Waals surface area (Å²) in [5.74, 6) is -0.0788. The van der Waals surface area contributed by atoms with Gasteiger partial charge in [0.25, 0.3) is 5.91 Å². The molecular weight excluding hydrogens is 292 g/mol. The van der Waals surface area contributed by atoms with Crippen molar-refractivity contribution < 1.29 is 4.79 Å². The molecule has 0 saturated heterocycles. The second-order valence-electron chi connectivity index (χ2n) is 5.42. The SMILES string of the molecule is C[C@@H](Cn1ccnc1)NC(=O)c1ccc(Cn2cncn2)cc1. The van der Waals surface area contributed by atoms with Crippen molar-refractivity contribution in [3.8, 4) is 0 Å². The van der Waals surface area contributed by atoms with E-state index in [2.05, 4.69) is 20.4 Å². The lowest BCUT2D eigenvalue weighted by atomic mass is 10.1. The number of benzene rings is 1. The minimum Gasteiger partial charge on any atom is -0.348 e. The van der Waals surface area contributed by atoms with Gasteiger partial charge in [0.1, 0.15) is 12.7 Å². The van der Waals surface area contributed by atoms with Gasteiger partial charge in [0, 0.05) is 30.5 Å². The number of hydrogen-bond acceptors (Lipinski definition) is 4. The van der Waals surface area contributed by atoms with Crippen molar-refractivity contribution in [2.24, 2.45) is 0 Å². The molecule has 1 atom stereocenters. The summed E-state index contributed by atoms with van der Waals surface area (Å²) < 4.78 is 3.68. The minimum atomic E-state index is -0.0788. The van der Waals surface area contributed by atoms with E-state index in [0.717, 1.165) is 5.56 Å². The highest BCUT2D eigenvalue weighted by atomic mass is 16.1. The van der Waals surface area contributed by atoms with Crippen molar-refractivity contribution in [3.63, 3.8) is 0 Å². The second-order valence-corrected chi connectivity index (χ2v) is 5.42. The fourth-order valence-corrected chi connectivity index (χ4v) is 2.33. The maximum absolute atomic E-state index is 12.2. The van der Waals surface area contributed by atoms with Crippen LogP contribution in [0.15, 0.2) is 55.6 Å². The number of nitrogens with one attached hydrogen (secondary N) is 1. The number of carbonyl (C=O) groups excluding carboxylic acids is 1. The Labute approximate surface area is 134 Å². The standard InChI is InChI=1S/C16H18N6O/c1-13(8-21-7-6-17-11-21)20-16(23)15-4-2-14(3-5-15)9-22-12-18-10-19-22/h2-7,10-13H,8-9H2,1H3,(H,20,23)/t13-/m0/s1. The first kappa shape index (κ1) is 15.0. The van der Waals surface area contributed by atoms with E-state index >= 15 is 0 Å². The van der Waals surface area contributed by atoms with Gasteiger partial charge in [-0.1, -0.05) is 12.1 Å². The molecule has 1 N–H and O–H groups in total. The molecule has 3 aromatic rings. The van der Waals surface area contributed by atoms with Gasteiger partial charge in [0.15, 0.2) is 0 Å². The number of imidazole rings is 1. The van der Waals surface area contributed by atoms with Crippen LogP contribution in [0.2, 0.25) is 0 Å². The zero-order chi connectivity index (χ0) is 16.1. The van der Waals surface area contributed by atoms with Crippen LogP contribution in [-0.2, 0) is 13.1 Å². The van der Waals surface area contributed by atoms with E-state index in [1.54, 1.807) is 23.5 Å². The van der Waals surface area contributed by atoms with E-state index < -0.39 is 0 Å². The maximum Gasteiger partial charge on any atom is 0.251 e. The lowest BCUT2D eigenvalue weighted by Crippen LogP contribution is -2.35. The smallest absolute Gasteiger partial charge is 0.251 e. The highest BCUT2D eigenvalue weighted by Gasteiger charge is 2.10. The van der Waals surface area contributed by atoms with Crippen LogP contribution in [0.1, 0.15) is 22.8 Å². The summed E-state index contributed by atoms with van der Waals surface area (Å²) in [6, 6.07) is 7.53. The molecule has 0 saturated carbocycles. The van der Waals surface area contributed by atoms with Crippen molar-refractivity contribution in [2.45, 2.75) is 26.1 Å². The van der Waals surface area contributed by atoms with E-state index in [4.69, 9.17) is 0 Å². The van der Waals surface area contributed by atoms with E-state index in [1.807, 2.05) is 42.0 Å². The minimum absolute atomic E-state index is 0.0199. The largest absolute Gasteiger partial charge is 0.348 e. The number of hydrogen-bond donors (Lipinski definition) is 1. The number of amides is 1. The molecule has 0 bridgehead atoms. The third-order valence-corrected chi connectivity index (χ3v) is 3.45. The van der Waals surface area contributed by atoms with Crippen molar-refractivity contribution in [3.05, 3.63) is 66.8 Å². The van der Waals surface area contributed by atoms with Gasteiger partial charge in [-0.25, -0.2) is 14.6 Å². The van der Waals surface area contributed by atoms with Gasteiger partial charge in [0.05, 0.1) is 12.9 Å². The molecule has 0 unspecified atom stereocenters. The second kappa shape index (κ2) is 6.87. The Morgan fingerprint density at radius 1 is 1.22 bits per heavy atom. The monoisotopic (exact) mass is 310 g/mol. The topological polar surface area (TPSA) is 77.6 Å². The predicted octanol–water partition coefficient (Wildman–Crippen LogP) is 1.34. The molecule has 2 heterocycles. The lowest BCUT2D eigenvalue weighted by Gasteiger charge is -2.14. The molecule has 0 aliphatic rings. The Morgan fingerprint density at radius 2 is 2.04 bits per heavy atom. The van der Waals surface area contributed by atoms with Crippen LogP contribution in [0.5, 0.6) is 0 Å². The normalized spacial score (nSPS) is 12.0. The Bertz CT molecular complexity index is 733. The van der Waals surface area contributed by atoms with Crippen molar-refractivity contribution in [1.82, 2.24) is 29.6 Å². The zero-order valence-corrected chi connectivity index (χ0v) is 12.8. The molecule has 23 heavy (non-hydrogen) atoms. The van der Waals surface area contributed by atoms with Crippen LogP contribution in [0, 0.1) is 0 Å². The van der Waals surface area contributed by atoms with Gasteiger partial charge in [0.2, 0.25) is 0 Å². The summed E-state index contributed by atoms with van der Waals surface area (Å²) in [5.41, 5.74) is 1.71. The summed E-state index contributed by atoms with van der Waals surface area (Å²) in [5, 5.41) is 7.05. The number of rotatable bonds is 6. The summed E-state index contributed by atoms with van der Waals surface area (Å²) >= 11 is 0. The number of aromatic nitrogens is 5. The van der Waals surface area contributed by atoms with Gasteiger partial charge in [-0.05, 0) is 24.6 Å². The quantitative estimate of drug-likeness (QED) is 0.745. The van der Waals surface area contributed by atoms with Gasteiger partial charge in [-0.15, -0.1) is 0 Å². The number of nitrogens with zero attached hydrogens (tertiary/aromatic N) is 5. The summed E-state index contributed by atoms with van der Waals surface area (Å²) in [6.07, 6.45) is 8.51. The highest BCUT2D eigenvalue weighted by molar-refractivity contribution is 5.94. The molecule has 3 rings (SSSR count). The average molecular weight is 310 g/mol. The average Bonchev–Trinajstić information content (AvgIpc) is 3.21. The first-order chi connectivity index (χ1) is 11.2. The van der Waals surface area contributed by atoms with Crippen LogP contribution in [0.3, 0.4) is 0 Å². The van der Waals surface area contributed by atoms with Gasteiger partial charge >= 0.3 is 0 Å². The van der Waals surface area contributed by atoms with E-state index in [-0.39, 0.29) is 11.9 Å². The molecule has 7 heteroatoms. The molecule has 7 nitrogen and oxygen atoms in total. The first-order valence-electron chi connectivity index (χ1n) is 7.38. The van der Waals surface area contributed by atoms with Gasteiger partial charge in [-0.3, -0.25) is 4.79 Å². The third-order valence-electron chi connectivity index (χ3n) is 3.45. The number of carbonyl (C=O) groups is 1. The Balaban J connectivity index is 1.56. The van der Waals surface area contributed by atoms with Crippen molar-refractivity contribution >= 4 is 5.91 Å². The molecule has 0 aliphatic carbocycles. The molecular formula is C16H18N6O. The van der Waals surface area contributed by atoms with Crippen LogP contribution in [0.25, 0.3) is 0 Å². The summed E-state index contributed by atoms with van der Waals surface area (Å²) in [6.45, 7) is 3.30. The van der Waals surface area contributed by atoms with Crippen molar-refractivity contribution in [1.29, 1.82) is 0 Å². The first-order valence-corrected chi connectivity index (χ1v) is 7.38. The predicted molar refractivity (Wildman–Crippen MR) is 84.7 cm³/mol. The van der Waals surface area contributed by atoms with Crippen LogP contribution in [0.4, 0.5) is 0 Å². The van der Waals surface area contributed by atoms with Crippen LogP contribution < -0.4 is 5.32 Å². The van der Waals surface area contributed by atoms with E-state index in [0.29, 0.717) is 18.7 Å². The van der Waals surface area contributed by atoms with Crippen LogP contribution >= 0.6 is 0 Å². The molecule has 0 spiro atoms. The highest BCUT2D eigenvalue weighted by Crippen LogP contribution is 2.06. The zero-order valence-electron chi connectivity index (χ0n) is 12.8. The molecule has 118 valence electrons. The maximum atomic E-state index is 12.2. The lowest BCUT2D eigenvalue weighted by molar-refractivity contribution is 0.0936. The Kier molecular flexibility index (Phi) is 4.46. The van der Waals surface area contributed by atoms with E-state index in [9.17, 15) is 4.79 Å². The fourth-order valence-electron chi connectivity index (χ4n) is 2.33. The fraction of sp³-hybridized carbons (Fsp3) is 0.250. The molecule has 2 aromatic heterocycles.